The molecule has 0 heterocycles. The van der Waals surface area contributed by atoms with Gasteiger partial charge in [0.25, 0.3) is 6.47 Å². The van der Waals surface area contributed by atoms with Crippen LogP contribution in [0.5, 0.6) is 17.2 Å². The van der Waals surface area contributed by atoms with E-state index >= 15 is 0 Å². The zero-order valence-electron chi connectivity index (χ0n) is 16.8. The molecule has 0 aliphatic rings. The first kappa shape index (κ1) is 22.4. The van der Waals surface area contributed by atoms with E-state index in [1.807, 2.05) is 12.1 Å². The van der Waals surface area contributed by atoms with Crippen molar-refractivity contribution in [2.24, 2.45) is 0 Å². The minimum absolute atomic E-state index is 0.108. The number of carbonyl (C=O) groups is 3. The van der Waals surface area contributed by atoms with Gasteiger partial charge in [-0.05, 0) is 49.2 Å². The van der Waals surface area contributed by atoms with Gasteiger partial charge in [-0.15, -0.1) is 0 Å². The second-order valence-corrected chi connectivity index (χ2v) is 6.33. The lowest BCUT2D eigenvalue weighted by molar-refractivity contribution is -0.139. The molecule has 0 amide bonds. The lowest BCUT2D eigenvalue weighted by Crippen LogP contribution is -2.12. The van der Waals surface area contributed by atoms with Crippen LogP contribution in [0.25, 0.3) is 11.1 Å². The van der Waals surface area contributed by atoms with Gasteiger partial charge in [-0.2, -0.15) is 0 Å². The van der Waals surface area contributed by atoms with Crippen LogP contribution in [0.3, 0.4) is 0 Å². The predicted octanol–water partition coefficient (Wildman–Crippen LogP) is 3.87. The van der Waals surface area contributed by atoms with Gasteiger partial charge in [0.15, 0.2) is 11.5 Å². The molecule has 0 unspecified atom stereocenters. The van der Waals surface area contributed by atoms with Gasteiger partial charge < -0.3 is 18.9 Å². The first-order valence-corrected chi connectivity index (χ1v) is 8.99. The highest BCUT2D eigenvalue weighted by atomic mass is 16.6. The number of carbonyl (C=O) groups excluding carboxylic acids is 3. The lowest BCUT2D eigenvalue weighted by Gasteiger charge is -2.11. The van der Waals surface area contributed by atoms with E-state index in [4.69, 9.17) is 18.9 Å². The maximum Gasteiger partial charge on any atom is 0.338 e. The molecule has 2 aromatic rings. The maximum absolute atomic E-state index is 11.7. The summed E-state index contributed by atoms with van der Waals surface area (Å²) in [5.41, 5.74) is 2.12. The van der Waals surface area contributed by atoms with Crippen LogP contribution in [0.1, 0.15) is 13.8 Å². The van der Waals surface area contributed by atoms with Crippen LogP contribution in [0.2, 0.25) is 0 Å². The summed E-state index contributed by atoms with van der Waals surface area (Å²) >= 11 is 0. The standard InChI is InChI=1S/C23H22O7/c1-15(2)22(25)28-12-11-27-19-8-5-17(6-9-19)18-7-10-20(21(13-18)29-14-24)30-23(26)16(3)4/h5-10,13-14H,1,3,11-12H2,2,4H3. The molecule has 0 saturated heterocycles. The number of rotatable bonds is 10. The molecule has 156 valence electrons. The minimum atomic E-state index is -0.617. The van der Waals surface area contributed by atoms with Crippen LogP contribution < -0.4 is 14.2 Å². The third kappa shape index (κ3) is 6.34. The Hall–Kier alpha value is -3.87. The Kier molecular flexibility index (Phi) is 7.93. The van der Waals surface area contributed by atoms with Gasteiger partial charge in [0.1, 0.15) is 19.0 Å². The molecule has 0 N–H and O–H groups in total. The van der Waals surface area contributed by atoms with Crippen LogP contribution in [0, 0.1) is 0 Å². The summed E-state index contributed by atoms with van der Waals surface area (Å²) in [6, 6.07) is 12.0. The lowest BCUT2D eigenvalue weighted by atomic mass is 10.0. The molecule has 7 heteroatoms. The highest BCUT2D eigenvalue weighted by Crippen LogP contribution is 2.33. The normalized spacial score (nSPS) is 9.93. The summed E-state index contributed by atoms with van der Waals surface area (Å²) in [6.45, 7) is 10.7. The van der Waals surface area contributed by atoms with Gasteiger partial charge >= 0.3 is 11.9 Å². The monoisotopic (exact) mass is 410 g/mol. The zero-order chi connectivity index (χ0) is 22.1. The Labute approximate surface area is 174 Å². The second-order valence-electron chi connectivity index (χ2n) is 6.33. The molecule has 2 rings (SSSR count). The molecular formula is C23H22O7. The average Bonchev–Trinajstić information content (AvgIpc) is 2.72. The predicted molar refractivity (Wildman–Crippen MR) is 110 cm³/mol. The van der Waals surface area contributed by atoms with Gasteiger partial charge in [-0.3, -0.25) is 4.79 Å². The Morgan fingerprint density at radius 1 is 0.867 bits per heavy atom. The first-order chi connectivity index (χ1) is 14.3. The molecule has 0 aromatic heterocycles. The van der Waals surface area contributed by atoms with Crippen LogP contribution in [0.15, 0.2) is 66.8 Å². The molecule has 0 aliphatic heterocycles. The van der Waals surface area contributed by atoms with Gasteiger partial charge in [-0.25, -0.2) is 9.59 Å². The molecule has 0 radical (unpaired) electrons. The quantitative estimate of drug-likeness (QED) is 0.193. The molecule has 0 aliphatic carbocycles. The van der Waals surface area contributed by atoms with Crippen molar-refractivity contribution in [2.75, 3.05) is 13.2 Å². The van der Waals surface area contributed by atoms with Gasteiger partial charge in [0, 0.05) is 11.1 Å². The minimum Gasteiger partial charge on any atom is -0.490 e. The third-order valence-electron chi connectivity index (χ3n) is 3.79. The van der Waals surface area contributed by atoms with Gasteiger partial charge in [-0.1, -0.05) is 31.4 Å². The van der Waals surface area contributed by atoms with Crippen molar-refractivity contribution in [3.8, 4) is 28.4 Å². The van der Waals surface area contributed by atoms with E-state index in [1.54, 1.807) is 31.2 Å². The topological polar surface area (TPSA) is 88.1 Å². The number of benzene rings is 2. The Balaban J connectivity index is 2.06. The van der Waals surface area contributed by atoms with Crippen molar-refractivity contribution >= 4 is 18.4 Å². The second kappa shape index (κ2) is 10.6. The van der Waals surface area contributed by atoms with Crippen LogP contribution in [-0.2, 0) is 19.1 Å². The Morgan fingerprint density at radius 3 is 2.10 bits per heavy atom. The molecule has 0 saturated carbocycles. The van der Waals surface area contributed by atoms with Crippen LogP contribution >= 0.6 is 0 Å². The van der Waals surface area contributed by atoms with E-state index in [1.165, 1.54) is 13.0 Å². The van der Waals surface area contributed by atoms with Crippen molar-refractivity contribution < 1.29 is 33.3 Å². The zero-order valence-corrected chi connectivity index (χ0v) is 16.8. The van der Waals surface area contributed by atoms with E-state index in [2.05, 4.69) is 13.2 Å². The molecule has 0 bridgehead atoms. The largest absolute Gasteiger partial charge is 0.490 e. The highest BCUT2D eigenvalue weighted by Gasteiger charge is 2.13. The summed E-state index contributed by atoms with van der Waals surface area (Å²) in [4.78, 5) is 33.8. The Morgan fingerprint density at radius 2 is 1.50 bits per heavy atom. The fourth-order valence-corrected chi connectivity index (χ4v) is 2.26. The molecule has 0 fully saturated rings. The van der Waals surface area contributed by atoms with Crippen LogP contribution in [-0.4, -0.2) is 31.6 Å². The fraction of sp³-hybridized carbons (Fsp3) is 0.174. The molecule has 7 nitrogen and oxygen atoms in total. The van der Waals surface area contributed by atoms with Crippen LogP contribution in [0.4, 0.5) is 0 Å². The molecule has 30 heavy (non-hydrogen) atoms. The van der Waals surface area contributed by atoms with Gasteiger partial charge in [0.05, 0.1) is 0 Å². The first-order valence-electron chi connectivity index (χ1n) is 8.99. The van der Waals surface area contributed by atoms with E-state index < -0.39 is 11.9 Å². The van der Waals surface area contributed by atoms with Crippen molar-refractivity contribution in [2.45, 2.75) is 13.8 Å². The number of hydrogen-bond donors (Lipinski definition) is 0. The number of ether oxygens (including phenoxy) is 4. The summed E-state index contributed by atoms with van der Waals surface area (Å²) in [5, 5.41) is 0. The summed E-state index contributed by atoms with van der Waals surface area (Å²) in [6.07, 6.45) is 0. The van der Waals surface area contributed by atoms with Crippen molar-refractivity contribution in [1.29, 1.82) is 0 Å². The number of hydrogen-bond acceptors (Lipinski definition) is 7. The van der Waals surface area contributed by atoms with Gasteiger partial charge in [0.2, 0.25) is 0 Å². The van der Waals surface area contributed by atoms with E-state index in [0.29, 0.717) is 11.3 Å². The molecular weight excluding hydrogens is 388 g/mol. The highest BCUT2D eigenvalue weighted by molar-refractivity contribution is 5.89. The Bertz CT molecular complexity index is 958. The van der Waals surface area contributed by atoms with Crippen molar-refractivity contribution in [3.63, 3.8) is 0 Å². The maximum atomic E-state index is 11.7. The summed E-state index contributed by atoms with van der Waals surface area (Å²) < 4.78 is 20.6. The molecule has 2 aromatic carbocycles. The molecule has 0 atom stereocenters. The third-order valence-corrected chi connectivity index (χ3v) is 3.79. The summed E-state index contributed by atoms with van der Waals surface area (Å²) in [5.74, 6) is -0.255. The summed E-state index contributed by atoms with van der Waals surface area (Å²) in [7, 11) is 0. The van der Waals surface area contributed by atoms with E-state index in [9.17, 15) is 14.4 Å². The average molecular weight is 410 g/mol. The number of esters is 2. The van der Waals surface area contributed by atoms with Crippen molar-refractivity contribution in [3.05, 3.63) is 66.8 Å². The van der Waals surface area contributed by atoms with E-state index in [-0.39, 0.29) is 36.8 Å². The van der Waals surface area contributed by atoms with E-state index in [0.717, 1.165) is 11.1 Å². The fourth-order valence-electron chi connectivity index (χ4n) is 2.26. The van der Waals surface area contributed by atoms with Crippen molar-refractivity contribution in [1.82, 2.24) is 0 Å². The SMILES string of the molecule is C=C(C)C(=O)OCCOc1ccc(-c2ccc(OC(=O)C(=C)C)c(OC=O)c2)cc1. The molecule has 0 spiro atoms. The smallest absolute Gasteiger partial charge is 0.338 e.